The van der Waals surface area contributed by atoms with Crippen LogP contribution in [0.1, 0.15) is 30.0 Å². The zero-order valence-corrected chi connectivity index (χ0v) is 21.8. The highest BCUT2D eigenvalue weighted by Crippen LogP contribution is 2.35. The van der Waals surface area contributed by atoms with Gasteiger partial charge in [0.25, 0.3) is 0 Å². The fraction of sp³-hybridized carbons (Fsp3) is 0.129. The molecule has 0 saturated carbocycles. The minimum atomic E-state index is -0.498. The number of carbonyl (C=O) groups is 1. The number of nitriles is 1. The summed E-state index contributed by atoms with van der Waals surface area (Å²) in [5.74, 6) is 1.09. The number of carbonyl (C=O) groups excluding carboxylic acids is 1. The van der Waals surface area contributed by atoms with Crippen LogP contribution >= 0.6 is 0 Å². The van der Waals surface area contributed by atoms with E-state index in [1.807, 2.05) is 47.3 Å². The topological polar surface area (TPSA) is 106 Å². The molecule has 0 unspecified atom stereocenters. The fourth-order valence-electron chi connectivity index (χ4n) is 4.97. The van der Waals surface area contributed by atoms with Crippen LogP contribution in [0, 0.1) is 11.3 Å². The second kappa shape index (κ2) is 10.7. The van der Waals surface area contributed by atoms with E-state index in [9.17, 15) is 10.1 Å². The molecule has 0 aliphatic rings. The number of rotatable bonds is 9. The first kappa shape index (κ1) is 24.8. The van der Waals surface area contributed by atoms with Gasteiger partial charge in [-0.25, -0.2) is 9.97 Å². The quantitative estimate of drug-likeness (QED) is 0.223. The average Bonchev–Trinajstić information content (AvgIpc) is 3.77. The maximum Gasteiger partial charge on any atom is 0.217 e. The van der Waals surface area contributed by atoms with Gasteiger partial charge >= 0.3 is 0 Å². The Morgan fingerprint density at radius 1 is 1.07 bits per heavy atom. The smallest absolute Gasteiger partial charge is 0.217 e. The molecule has 0 fully saturated rings. The molecule has 0 bridgehead atoms. The Balaban J connectivity index is 1.42. The normalized spacial score (nSPS) is 11.8. The molecule has 196 valence electrons. The van der Waals surface area contributed by atoms with Crippen molar-refractivity contribution < 1.29 is 9.21 Å². The molecule has 1 amide bonds. The molecule has 0 N–H and O–H groups in total. The SMILES string of the molecule is CCn1c(-c2ccc(-n3ccnc3)cc2)cnc1[C@H](Cc1ccccn1)N(C=O)c1cc2cc(C#N)ccc2o1. The minimum absolute atomic E-state index is 0.373. The predicted molar refractivity (Wildman–Crippen MR) is 151 cm³/mol. The Morgan fingerprint density at radius 2 is 1.95 bits per heavy atom. The molecular weight excluding hydrogens is 502 g/mol. The van der Waals surface area contributed by atoms with E-state index in [1.165, 1.54) is 0 Å². The monoisotopic (exact) mass is 527 g/mol. The van der Waals surface area contributed by atoms with E-state index >= 15 is 0 Å². The van der Waals surface area contributed by atoms with Crippen LogP contribution in [-0.4, -0.2) is 30.5 Å². The molecule has 0 radical (unpaired) electrons. The molecule has 4 aromatic heterocycles. The van der Waals surface area contributed by atoms with Crippen LogP contribution in [0.4, 0.5) is 5.88 Å². The molecule has 1 atom stereocenters. The summed E-state index contributed by atoms with van der Waals surface area (Å²) in [7, 11) is 0. The summed E-state index contributed by atoms with van der Waals surface area (Å²) in [6, 6.07) is 22.5. The van der Waals surface area contributed by atoms with Gasteiger partial charge in [-0.3, -0.25) is 14.7 Å². The van der Waals surface area contributed by atoms with Gasteiger partial charge in [0.1, 0.15) is 17.4 Å². The lowest BCUT2D eigenvalue weighted by atomic mass is 10.1. The van der Waals surface area contributed by atoms with Crippen LogP contribution in [0.2, 0.25) is 0 Å². The number of aromatic nitrogens is 5. The number of hydrogen-bond acceptors (Lipinski definition) is 6. The number of nitrogens with zero attached hydrogens (tertiary/aromatic N) is 7. The zero-order chi connectivity index (χ0) is 27.5. The van der Waals surface area contributed by atoms with Crippen LogP contribution < -0.4 is 4.90 Å². The standard InChI is InChI=1S/C31H25N7O2/c1-2-37-28(23-7-9-26(10-8-23)36-14-13-33-20-36)19-35-31(37)27(17-25-5-3-4-12-34-25)38(21-39)30-16-24-15-22(18-32)6-11-29(24)40-30/h3-16,19-21,27H,2,17H2,1H3/t27-/m0/s1. The number of hydrogen-bond donors (Lipinski definition) is 0. The van der Waals surface area contributed by atoms with E-state index in [4.69, 9.17) is 9.40 Å². The van der Waals surface area contributed by atoms with Crippen molar-refractivity contribution in [3.63, 3.8) is 0 Å². The van der Waals surface area contributed by atoms with Gasteiger partial charge in [-0.15, -0.1) is 0 Å². The van der Waals surface area contributed by atoms with E-state index in [1.54, 1.807) is 47.9 Å². The number of anilines is 1. The number of furan rings is 1. The second-order valence-electron chi connectivity index (χ2n) is 9.27. The molecule has 6 aromatic rings. The van der Waals surface area contributed by atoms with Gasteiger partial charge in [0.2, 0.25) is 12.3 Å². The van der Waals surface area contributed by atoms with E-state index in [2.05, 4.69) is 39.7 Å². The van der Waals surface area contributed by atoms with E-state index in [0.717, 1.165) is 34.4 Å². The van der Waals surface area contributed by atoms with Gasteiger partial charge in [0.15, 0.2) is 0 Å². The predicted octanol–water partition coefficient (Wildman–Crippen LogP) is 5.72. The summed E-state index contributed by atoms with van der Waals surface area (Å²) in [5.41, 5.74) is 4.89. The van der Waals surface area contributed by atoms with Gasteiger partial charge in [-0.1, -0.05) is 18.2 Å². The molecule has 9 heteroatoms. The molecule has 0 aliphatic carbocycles. The molecule has 2 aromatic carbocycles. The second-order valence-corrected chi connectivity index (χ2v) is 9.27. The summed E-state index contributed by atoms with van der Waals surface area (Å²) in [6.45, 7) is 2.70. The van der Waals surface area contributed by atoms with Gasteiger partial charge in [-0.2, -0.15) is 5.26 Å². The Kier molecular flexibility index (Phi) is 6.65. The maximum absolute atomic E-state index is 12.7. The summed E-state index contributed by atoms with van der Waals surface area (Å²) < 4.78 is 10.2. The molecule has 0 spiro atoms. The van der Waals surface area contributed by atoms with Crippen LogP contribution in [0.25, 0.3) is 27.9 Å². The van der Waals surface area contributed by atoms with Crippen molar-refractivity contribution in [3.05, 3.63) is 115 Å². The highest BCUT2D eigenvalue weighted by Gasteiger charge is 2.29. The summed E-state index contributed by atoms with van der Waals surface area (Å²) >= 11 is 0. The molecule has 40 heavy (non-hydrogen) atoms. The van der Waals surface area contributed by atoms with Gasteiger partial charge < -0.3 is 13.6 Å². The largest absolute Gasteiger partial charge is 0.440 e. The van der Waals surface area contributed by atoms with E-state index in [-0.39, 0.29) is 0 Å². The Labute approximate surface area is 230 Å². The first-order valence-corrected chi connectivity index (χ1v) is 12.9. The van der Waals surface area contributed by atoms with Gasteiger partial charge in [-0.05, 0) is 55.0 Å². The molecule has 6 rings (SSSR count). The van der Waals surface area contributed by atoms with Crippen molar-refractivity contribution in [2.45, 2.75) is 25.9 Å². The lowest BCUT2D eigenvalue weighted by Gasteiger charge is -2.26. The Hall–Kier alpha value is -5.49. The molecule has 4 heterocycles. The van der Waals surface area contributed by atoms with Gasteiger partial charge in [0, 0.05) is 54.4 Å². The molecule has 0 aliphatic heterocycles. The molecule has 9 nitrogen and oxygen atoms in total. The number of imidazole rings is 2. The van der Waals surface area contributed by atoms with Crippen LogP contribution in [0.15, 0.2) is 102 Å². The van der Waals surface area contributed by atoms with Crippen LogP contribution in [0.3, 0.4) is 0 Å². The lowest BCUT2D eigenvalue weighted by Crippen LogP contribution is -2.31. The minimum Gasteiger partial charge on any atom is -0.440 e. The van der Waals surface area contributed by atoms with Crippen molar-refractivity contribution in [2.24, 2.45) is 0 Å². The Bertz CT molecular complexity index is 1800. The lowest BCUT2D eigenvalue weighted by molar-refractivity contribution is -0.108. The number of amides is 1. The third-order valence-electron chi connectivity index (χ3n) is 6.93. The van der Waals surface area contributed by atoms with Crippen LogP contribution in [-0.2, 0) is 17.8 Å². The average molecular weight is 528 g/mol. The Morgan fingerprint density at radius 3 is 2.65 bits per heavy atom. The van der Waals surface area contributed by atoms with E-state index in [0.29, 0.717) is 35.8 Å². The third-order valence-corrected chi connectivity index (χ3v) is 6.93. The fourth-order valence-corrected chi connectivity index (χ4v) is 4.97. The first-order valence-electron chi connectivity index (χ1n) is 12.9. The van der Waals surface area contributed by atoms with Crippen molar-refractivity contribution in [1.29, 1.82) is 5.26 Å². The van der Waals surface area contributed by atoms with Crippen molar-refractivity contribution in [3.8, 4) is 23.0 Å². The number of benzene rings is 2. The third kappa shape index (κ3) is 4.63. The zero-order valence-electron chi connectivity index (χ0n) is 21.8. The summed E-state index contributed by atoms with van der Waals surface area (Å²) in [4.78, 5) is 27.7. The number of fused-ring (bicyclic) bond motifs is 1. The maximum atomic E-state index is 12.7. The highest BCUT2D eigenvalue weighted by atomic mass is 16.4. The van der Waals surface area contributed by atoms with Crippen molar-refractivity contribution in [2.75, 3.05) is 4.90 Å². The first-order chi connectivity index (χ1) is 19.7. The van der Waals surface area contributed by atoms with Crippen LogP contribution in [0.5, 0.6) is 0 Å². The summed E-state index contributed by atoms with van der Waals surface area (Å²) in [6.07, 6.45) is 10.2. The van der Waals surface area contributed by atoms with Crippen molar-refractivity contribution >= 4 is 23.3 Å². The molecule has 0 saturated heterocycles. The highest BCUT2D eigenvalue weighted by molar-refractivity contribution is 5.86. The van der Waals surface area contributed by atoms with E-state index < -0.39 is 6.04 Å². The number of pyridine rings is 1. The summed E-state index contributed by atoms with van der Waals surface area (Å²) in [5, 5.41) is 10.1. The molecular formula is C31H25N7O2. The van der Waals surface area contributed by atoms with Crippen molar-refractivity contribution in [1.82, 2.24) is 24.1 Å². The van der Waals surface area contributed by atoms with Gasteiger partial charge in [0.05, 0.1) is 29.9 Å².